The van der Waals surface area contributed by atoms with E-state index in [1.807, 2.05) is 4.98 Å². The lowest BCUT2D eigenvalue weighted by Gasteiger charge is -2.03. The third-order valence-electron chi connectivity index (χ3n) is 2.21. The Kier molecular flexibility index (Phi) is 2.85. The monoisotopic (exact) mass is 242 g/mol. The molecule has 0 saturated heterocycles. The van der Waals surface area contributed by atoms with E-state index in [1.54, 1.807) is 6.07 Å². The molecule has 1 aromatic heterocycles. The van der Waals surface area contributed by atoms with Crippen LogP contribution in [-0.4, -0.2) is 21.1 Å². The summed E-state index contributed by atoms with van der Waals surface area (Å²) in [5.74, 6) is 0. The summed E-state index contributed by atoms with van der Waals surface area (Å²) in [6.45, 7) is 0. The molecule has 0 spiro atoms. The SMILES string of the molecule is N#Cc1nn(-c2ccc(C=O)cc2)c(=O)[nH]c1=O. The number of carbonyl (C=O) groups excluding carboxylic acids is 1. The fraction of sp³-hybridized carbons (Fsp3) is 0. The van der Waals surface area contributed by atoms with Crippen molar-refractivity contribution in [3.05, 3.63) is 56.4 Å². The molecule has 0 fully saturated rings. The summed E-state index contributed by atoms with van der Waals surface area (Å²) < 4.78 is 0.883. The Morgan fingerprint density at radius 1 is 1.28 bits per heavy atom. The van der Waals surface area contributed by atoms with Gasteiger partial charge in [-0.25, -0.2) is 4.79 Å². The van der Waals surface area contributed by atoms with Crippen molar-refractivity contribution >= 4 is 6.29 Å². The van der Waals surface area contributed by atoms with Crippen molar-refractivity contribution in [2.24, 2.45) is 0 Å². The van der Waals surface area contributed by atoms with E-state index >= 15 is 0 Å². The molecule has 0 saturated carbocycles. The van der Waals surface area contributed by atoms with Crippen LogP contribution in [0.2, 0.25) is 0 Å². The van der Waals surface area contributed by atoms with Crippen molar-refractivity contribution in [1.29, 1.82) is 5.26 Å². The van der Waals surface area contributed by atoms with E-state index in [4.69, 9.17) is 5.26 Å². The largest absolute Gasteiger partial charge is 0.349 e. The highest BCUT2D eigenvalue weighted by Gasteiger charge is 2.07. The molecule has 0 aliphatic heterocycles. The number of carbonyl (C=O) groups is 1. The molecule has 0 amide bonds. The Hall–Kier alpha value is -3.01. The number of nitrogens with one attached hydrogen (secondary N) is 1. The maximum atomic E-state index is 11.5. The first kappa shape index (κ1) is 11.5. The molecule has 1 heterocycles. The molecular formula is C11H6N4O3. The molecule has 0 radical (unpaired) electrons. The van der Waals surface area contributed by atoms with Gasteiger partial charge in [-0.1, -0.05) is 0 Å². The van der Waals surface area contributed by atoms with Crippen LogP contribution < -0.4 is 11.2 Å². The summed E-state index contributed by atoms with van der Waals surface area (Å²) in [4.78, 5) is 35.2. The molecule has 1 aromatic carbocycles. The van der Waals surface area contributed by atoms with E-state index in [1.165, 1.54) is 24.3 Å². The van der Waals surface area contributed by atoms with E-state index < -0.39 is 16.9 Å². The number of nitrogens with zero attached hydrogens (tertiary/aromatic N) is 3. The van der Waals surface area contributed by atoms with Crippen LogP contribution in [0.3, 0.4) is 0 Å². The Morgan fingerprint density at radius 2 is 1.94 bits per heavy atom. The standard InChI is InChI=1S/C11H6N4O3/c12-5-9-10(17)13-11(18)15(14-9)8-3-1-7(6-16)2-4-8/h1-4,6H,(H,13,17,18). The summed E-state index contributed by atoms with van der Waals surface area (Å²) in [5.41, 5.74) is -1.20. The second kappa shape index (κ2) is 4.47. The maximum absolute atomic E-state index is 11.5. The molecule has 2 rings (SSSR count). The van der Waals surface area contributed by atoms with Gasteiger partial charge >= 0.3 is 5.69 Å². The molecule has 2 aromatic rings. The van der Waals surface area contributed by atoms with Crippen molar-refractivity contribution in [3.8, 4) is 11.8 Å². The Balaban J connectivity index is 2.63. The lowest BCUT2D eigenvalue weighted by Crippen LogP contribution is -2.33. The molecule has 1 N–H and O–H groups in total. The van der Waals surface area contributed by atoms with Gasteiger partial charge in [-0.3, -0.25) is 14.6 Å². The Bertz CT molecular complexity index is 750. The molecule has 0 atom stereocenters. The lowest BCUT2D eigenvalue weighted by molar-refractivity contribution is 0.112. The number of benzene rings is 1. The van der Waals surface area contributed by atoms with E-state index in [0.717, 1.165) is 4.68 Å². The van der Waals surface area contributed by atoms with Gasteiger partial charge in [-0.2, -0.15) is 9.94 Å². The van der Waals surface area contributed by atoms with Crippen LogP contribution in [0.4, 0.5) is 0 Å². The van der Waals surface area contributed by atoms with Gasteiger partial charge in [0.1, 0.15) is 12.4 Å². The average molecular weight is 242 g/mol. The summed E-state index contributed by atoms with van der Waals surface area (Å²) in [6, 6.07) is 7.54. The van der Waals surface area contributed by atoms with Crippen LogP contribution in [-0.2, 0) is 0 Å². The number of rotatable bonds is 2. The van der Waals surface area contributed by atoms with Gasteiger partial charge in [-0.15, -0.1) is 5.10 Å². The van der Waals surface area contributed by atoms with Crippen molar-refractivity contribution in [1.82, 2.24) is 14.8 Å². The number of aromatic amines is 1. The number of hydrogen-bond acceptors (Lipinski definition) is 5. The fourth-order valence-electron chi connectivity index (χ4n) is 1.34. The van der Waals surface area contributed by atoms with Crippen LogP contribution in [0.5, 0.6) is 0 Å². The number of H-pyrrole nitrogens is 1. The van der Waals surface area contributed by atoms with E-state index in [0.29, 0.717) is 17.5 Å². The molecule has 18 heavy (non-hydrogen) atoms. The highest BCUT2D eigenvalue weighted by Crippen LogP contribution is 2.04. The van der Waals surface area contributed by atoms with E-state index in [2.05, 4.69) is 5.10 Å². The predicted molar refractivity (Wildman–Crippen MR) is 60.6 cm³/mol. The molecule has 7 nitrogen and oxygen atoms in total. The number of aldehydes is 1. The first-order chi connectivity index (χ1) is 8.65. The summed E-state index contributed by atoms with van der Waals surface area (Å²) in [7, 11) is 0. The summed E-state index contributed by atoms with van der Waals surface area (Å²) >= 11 is 0. The number of nitriles is 1. The fourth-order valence-corrected chi connectivity index (χ4v) is 1.34. The van der Waals surface area contributed by atoms with Gasteiger partial charge < -0.3 is 0 Å². The first-order valence-electron chi connectivity index (χ1n) is 4.85. The minimum atomic E-state index is -0.830. The highest BCUT2D eigenvalue weighted by molar-refractivity contribution is 5.75. The van der Waals surface area contributed by atoms with Crippen molar-refractivity contribution in [2.75, 3.05) is 0 Å². The third kappa shape index (κ3) is 1.94. The van der Waals surface area contributed by atoms with Gasteiger partial charge in [0.25, 0.3) is 5.56 Å². The van der Waals surface area contributed by atoms with Crippen LogP contribution in [0.1, 0.15) is 16.1 Å². The molecule has 7 heteroatoms. The minimum Gasteiger partial charge on any atom is -0.298 e. The van der Waals surface area contributed by atoms with Crippen LogP contribution in [0.25, 0.3) is 5.69 Å². The predicted octanol–water partition coefficient (Wildman–Crippen LogP) is -0.395. The topological polar surface area (TPSA) is 109 Å². The summed E-state index contributed by atoms with van der Waals surface area (Å²) in [5, 5.41) is 12.3. The van der Waals surface area contributed by atoms with Gasteiger partial charge in [0.2, 0.25) is 5.69 Å². The minimum absolute atomic E-state index is 0.346. The second-order valence-electron chi connectivity index (χ2n) is 3.34. The van der Waals surface area contributed by atoms with Gasteiger partial charge in [-0.05, 0) is 24.3 Å². The quantitative estimate of drug-likeness (QED) is 0.721. The van der Waals surface area contributed by atoms with Crippen LogP contribution in [0.15, 0.2) is 33.9 Å². The second-order valence-corrected chi connectivity index (χ2v) is 3.34. The van der Waals surface area contributed by atoms with E-state index in [9.17, 15) is 14.4 Å². The average Bonchev–Trinajstić information content (AvgIpc) is 2.39. The van der Waals surface area contributed by atoms with Crippen molar-refractivity contribution in [3.63, 3.8) is 0 Å². The smallest absolute Gasteiger partial charge is 0.298 e. The van der Waals surface area contributed by atoms with Crippen LogP contribution in [0, 0.1) is 11.3 Å². The summed E-state index contributed by atoms with van der Waals surface area (Å²) in [6.07, 6.45) is 0.660. The maximum Gasteiger partial charge on any atom is 0.349 e. The zero-order chi connectivity index (χ0) is 13.1. The first-order valence-corrected chi connectivity index (χ1v) is 4.85. The molecule has 0 aliphatic carbocycles. The molecule has 0 aliphatic rings. The van der Waals surface area contributed by atoms with Crippen molar-refractivity contribution in [2.45, 2.75) is 0 Å². The van der Waals surface area contributed by atoms with Crippen molar-refractivity contribution < 1.29 is 4.79 Å². The molecule has 88 valence electrons. The highest BCUT2D eigenvalue weighted by atomic mass is 16.2. The Labute approximate surface area is 99.9 Å². The van der Waals surface area contributed by atoms with Gasteiger partial charge in [0.05, 0.1) is 5.69 Å². The Morgan fingerprint density at radius 3 is 2.50 bits per heavy atom. The third-order valence-corrected chi connectivity index (χ3v) is 2.21. The molecular weight excluding hydrogens is 236 g/mol. The normalized spacial score (nSPS) is 9.72. The molecule has 0 bridgehead atoms. The molecule has 0 unspecified atom stereocenters. The zero-order valence-corrected chi connectivity index (χ0v) is 8.95. The zero-order valence-electron chi connectivity index (χ0n) is 8.95. The van der Waals surface area contributed by atoms with Gasteiger partial charge in [0.15, 0.2) is 0 Å². The lowest BCUT2D eigenvalue weighted by atomic mass is 10.2. The van der Waals surface area contributed by atoms with Crippen LogP contribution >= 0.6 is 0 Å². The number of aromatic nitrogens is 3. The van der Waals surface area contributed by atoms with E-state index in [-0.39, 0.29) is 0 Å². The number of hydrogen-bond donors (Lipinski definition) is 1. The van der Waals surface area contributed by atoms with Gasteiger partial charge in [0, 0.05) is 5.56 Å².